The molecule has 0 radical (unpaired) electrons. The first-order valence-electron chi connectivity index (χ1n) is 4.97. The van der Waals surface area contributed by atoms with Crippen LogP contribution >= 0.6 is 15.9 Å². The molecule has 0 unspecified atom stereocenters. The van der Waals surface area contributed by atoms with E-state index < -0.39 is 11.8 Å². The van der Waals surface area contributed by atoms with E-state index in [-0.39, 0.29) is 6.61 Å². The maximum Gasteiger partial charge on any atom is 0.509 e. The van der Waals surface area contributed by atoms with Crippen LogP contribution in [0.25, 0.3) is 0 Å². The molecule has 1 aromatic rings. The lowest BCUT2D eigenvalue weighted by Crippen LogP contribution is -2.24. The summed E-state index contributed by atoms with van der Waals surface area (Å²) in [5.74, 6) is 0. The molecule has 0 saturated carbocycles. The second kappa shape index (κ2) is 5.34. The van der Waals surface area contributed by atoms with Crippen molar-refractivity contribution >= 4 is 22.1 Å². The van der Waals surface area contributed by atoms with Gasteiger partial charge in [0.25, 0.3) is 0 Å². The van der Waals surface area contributed by atoms with Gasteiger partial charge in [-0.1, -0.05) is 28.1 Å². The highest BCUT2D eigenvalue weighted by atomic mass is 79.9. The van der Waals surface area contributed by atoms with Gasteiger partial charge in [0.05, 0.1) is 0 Å². The van der Waals surface area contributed by atoms with E-state index in [0.29, 0.717) is 0 Å². The van der Waals surface area contributed by atoms with Gasteiger partial charge in [-0.3, -0.25) is 0 Å². The third-order valence-electron chi connectivity index (χ3n) is 1.66. The zero-order valence-corrected chi connectivity index (χ0v) is 11.2. The van der Waals surface area contributed by atoms with Crippen LogP contribution < -0.4 is 0 Å². The highest BCUT2D eigenvalue weighted by Crippen LogP contribution is 2.13. The van der Waals surface area contributed by atoms with Crippen molar-refractivity contribution in [2.45, 2.75) is 33.0 Å². The van der Waals surface area contributed by atoms with Crippen LogP contribution in [0.3, 0.4) is 0 Å². The Morgan fingerprint density at radius 2 is 1.81 bits per heavy atom. The molecule has 0 N–H and O–H groups in total. The van der Waals surface area contributed by atoms with Gasteiger partial charge in [0.2, 0.25) is 0 Å². The number of hydrogen-bond acceptors (Lipinski definition) is 3. The Hall–Kier alpha value is -1.03. The first kappa shape index (κ1) is 13.0. The number of halogens is 1. The summed E-state index contributed by atoms with van der Waals surface area (Å²) in [6, 6.07) is 7.56. The fraction of sp³-hybridized carbons (Fsp3) is 0.417. The number of carbonyl (C=O) groups is 1. The molecule has 4 heteroatoms. The van der Waals surface area contributed by atoms with Crippen molar-refractivity contribution in [2.24, 2.45) is 0 Å². The summed E-state index contributed by atoms with van der Waals surface area (Å²) in [6.45, 7) is 5.62. The van der Waals surface area contributed by atoms with E-state index in [1.165, 1.54) is 0 Å². The Morgan fingerprint density at radius 3 is 2.31 bits per heavy atom. The molecule has 0 amide bonds. The van der Waals surface area contributed by atoms with E-state index in [2.05, 4.69) is 15.9 Å². The Labute approximate surface area is 104 Å². The molecular formula is C12H15BrO3. The van der Waals surface area contributed by atoms with Crippen molar-refractivity contribution in [1.82, 2.24) is 0 Å². The number of benzene rings is 1. The molecule has 0 saturated heterocycles. The van der Waals surface area contributed by atoms with Crippen molar-refractivity contribution in [2.75, 3.05) is 0 Å². The summed E-state index contributed by atoms with van der Waals surface area (Å²) < 4.78 is 11.0. The van der Waals surface area contributed by atoms with Crippen molar-refractivity contribution < 1.29 is 14.3 Å². The van der Waals surface area contributed by atoms with E-state index >= 15 is 0 Å². The van der Waals surface area contributed by atoms with E-state index in [9.17, 15) is 4.79 Å². The Bertz CT molecular complexity index is 352. The molecule has 16 heavy (non-hydrogen) atoms. The second-order valence-corrected chi connectivity index (χ2v) is 5.30. The van der Waals surface area contributed by atoms with E-state index in [0.717, 1.165) is 10.0 Å². The molecule has 0 aliphatic heterocycles. The van der Waals surface area contributed by atoms with Gasteiger partial charge in [0.15, 0.2) is 0 Å². The highest BCUT2D eigenvalue weighted by molar-refractivity contribution is 9.10. The number of rotatable bonds is 2. The molecule has 1 rings (SSSR count). The lowest BCUT2D eigenvalue weighted by atomic mass is 10.2. The van der Waals surface area contributed by atoms with Crippen molar-refractivity contribution in [3.05, 3.63) is 34.3 Å². The van der Waals surface area contributed by atoms with Gasteiger partial charge in [0, 0.05) is 4.47 Å². The smallest absolute Gasteiger partial charge is 0.429 e. The lowest BCUT2D eigenvalue weighted by Gasteiger charge is -2.18. The van der Waals surface area contributed by atoms with Gasteiger partial charge < -0.3 is 9.47 Å². The first-order valence-corrected chi connectivity index (χ1v) is 5.76. The minimum absolute atomic E-state index is 0.224. The number of carbonyl (C=O) groups excluding carboxylic acids is 1. The number of ether oxygens (including phenoxy) is 2. The third-order valence-corrected chi connectivity index (χ3v) is 2.19. The fourth-order valence-electron chi connectivity index (χ4n) is 1.00. The fourth-order valence-corrected chi connectivity index (χ4v) is 1.27. The molecule has 3 nitrogen and oxygen atoms in total. The van der Waals surface area contributed by atoms with E-state index in [1.54, 1.807) is 20.8 Å². The molecule has 1 aromatic carbocycles. The summed E-state index contributed by atoms with van der Waals surface area (Å²) in [5.41, 5.74) is 0.408. The minimum Gasteiger partial charge on any atom is -0.429 e. The van der Waals surface area contributed by atoms with Crippen LogP contribution in [-0.2, 0) is 16.1 Å². The van der Waals surface area contributed by atoms with Gasteiger partial charge in [-0.05, 0) is 38.5 Å². The van der Waals surface area contributed by atoms with Crippen LogP contribution in [-0.4, -0.2) is 11.8 Å². The average molecular weight is 287 g/mol. The molecule has 0 atom stereocenters. The Kier molecular flexibility index (Phi) is 4.35. The summed E-state index contributed by atoms with van der Waals surface area (Å²) in [7, 11) is 0. The van der Waals surface area contributed by atoms with Crippen molar-refractivity contribution in [1.29, 1.82) is 0 Å². The Morgan fingerprint density at radius 1 is 1.25 bits per heavy atom. The molecule has 88 valence electrons. The normalized spacial score (nSPS) is 11.0. The predicted octanol–water partition coefficient (Wildman–Crippen LogP) is 3.90. The standard InChI is InChI=1S/C12H15BrO3/c1-12(2,3)16-11(14)15-8-9-4-6-10(13)7-5-9/h4-7H,8H2,1-3H3. The molecule has 0 bridgehead atoms. The monoisotopic (exact) mass is 286 g/mol. The van der Waals surface area contributed by atoms with Crippen LogP contribution in [0, 0.1) is 0 Å². The van der Waals surface area contributed by atoms with E-state index in [4.69, 9.17) is 9.47 Å². The maximum absolute atomic E-state index is 11.2. The quantitative estimate of drug-likeness (QED) is 0.774. The van der Waals surface area contributed by atoms with Crippen LogP contribution in [0.15, 0.2) is 28.7 Å². The predicted molar refractivity (Wildman–Crippen MR) is 65.2 cm³/mol. The van der Waals surface area contributed by atoms with Crippen LogP contribution in [0.4, 0.5) is 4.79 Å². The van der Waals surface area contributed by atoms with Gasteiger partial charge >= 0.3 is 6.16 Å². The summed E-state index contributed by atoms with van der Waals surface area (Å²) >= 11 is 3.33. The summed E-state index contributed by atoms with van der Waals surface area (Å²) in [5, 5.41) is 0. The lowest BCUT2D eigenvalue weighted by molar-refractivity contribution is -0.0108. The SMILES string of the molecule is CC(C)(C)OC(=O)OCc1ccc(Br)cc1. The summed E-state index contributed by atoms with van der Waals surface area (Å²) in [6.07, 6.45) is -0.643. The van der Waals surface area contributed by atoms with Crippen molar-refractivity contribution in [3.63, 3.8) is 0 Å². The number of hydrogen-bond donors (Lipinski definition) is 0. The third kappa shape index (κ3) is 5.16. The maximum atomic E-state index is 11.2. The molecule has 0 heterocycles. The van der Waals surface area contributed by atoms with Crippen LogP contribution in [0.5, 0.6) is 0 Å². The van der Waals surface area contributed by atoms with Crippen LogP contribution in [0.1, 0.15) is 26.3 Å². The average Bonchev–Trinajstić information content (AvgIpc) is 2.14. The first-order chi connectivity index (χ1) is 7.37. The van der Waals surface area contributed by atoms with Gasteiger partial charge in [0.1, 0.15) is 12.2 Å². The highest BCUT2D eigenvalue weighted by Gasteiger charge is 2.17. The molecule has 0 aliphatic rings. The largest absolute Gasteiger partial charge is 0.509 e. The molecule has 0 spiro atoms. The van der Waals surface area contributed by atoms with Gasteiger partial charge in [-0.2, -0.15) is 0 Å². The van der Waals surface area contributed by atoms with E-state index in [1.807, 2.05) is 24.3 Å². The minimum atomic E-state index is -0.643. The molecule has 0 aromatic heterocycles. The second-order valence-electron chi connectivity index (χ2n) is 4.38. The van der Waals surface area contributed by atoms with Crippen LogP contribution in [0.2, 0.25) is 0 Å². The van der Waals surface area contributed by atoms with Gasteiger partial charge in [-0.15, -0.1) is 0 Å². The topological polar surface area (TPSA) is 35.5 Å². The Balaban J connectivity index is 2.40. The van der Waals surface area contributed by atoms with Gasteiger partial charge in [-0.25, -0.2) is 4.79 Å². The molecular weight excluding hydrogens is 272 g/mol. The zero-order chi connectivity index (χ0) is 12.2. The molecule has 0 aliphatic carbocycles. The van der Waals surface area contributed by atoms with Crippen molar-refractivity contribution in [3.8, 4) is 0 Å². The summed E-state index contributed by atoms with van der Waals surface area (Å²) in [4.78, 5) is 11.2. The zero-order valence-electron chi connectivity index (χ0n) is 9.62. The molecule has 0 fully saturated rings.